The van der Waals surface area contributed by atoms with Gasteiger partial charge in [0, 0.05) is 0 Å². The molecule has 0 radical (unpaired) electrons. The van der Waals surface area contributed by atoms with Crippen molar-refractivity contribution in [2.24, 2.45) is 0 Å². The van der Waals surface area contributed by atoms with E-state index >= 15 is 0 Å². The second-order valence-electron chi connectivity index (χ2n) is 4.91. The Balaban J connectivity index is 2.49. The molecule has 5 N–H and O–H groups in total. The van der Waals surface area contributed by atoms with Gasteiger partial charge in [0.15, 0.2) is 0 Å². The summed E-state index contributed by atoms with van der Waals surface area (Å²) < 4.78 is 22.3. The summed E-state index contributed by atoms with van der Waals surface area (Å²) in [6.07, 6.45) is 1.42. The first-order chi connectivity index (χ1) is 9.58. The SMILES string of the molecule is O=P(O)(O)C(O)(CCCCCc1ccccc1)P(=O)(O)O. The Morgan fingerprint density at radius 2 is 1.38 bits per heavy atom. The maximum Gasteiger partial charge on any atom is 0.369 e. The van der Waals surface area contributed by atoms with Gasteiger partial charge >= 0.3 is 15.2 Å². The summed E-state index contributed by atoms with van der Waals surface area (Å²) in [6, 6.07) is 9.58. The molecule has 1 rings (SSSR count). The van der Waals surface area contributed by atoms with E-state index in [0.717, 1.165) is 12.0 Å². The van der Waals surface area contributed by atoms with Gasteiger partial charge in [0.05, 0.1) is 0 Å². The number of rotatable bonds is 8. The third-order valence-electron chi connectivity index (χ3n) is 3.25. The molecule has 1 aromatic carbocycles. The molecule has 0 heterocycles. The van der Waals surface area contributed by atoms with E-state index in [1.165, 1.54) is 0 Å². The molecule has 21 heavy (non-hydrogen) atoms. The molecular weight excluding hydrogens is 318 g/mol. The summed E-state index contributed by atoms with van der Waals surface area (Å²) in [5.41, 5.74) is 1.11. The van der Waals surface area contributed by atoms with Crippen LogP contribution in [0.3, 0.4) is 0 Å². The Bertz CT molecular complexity index is 512. The van der Waals surface area contributed by atoms with Crippen LogP contribution in [0.25, 0.3) is 0 Å². The van der Waals surface area contributed by atoms with Crippen LogP contribution in [-0.4, -0.2) is 29.8 Å². The smallest absolute Gasteiger partial charge is 0.368 e. The highest BCUT2D eigenvalue weighted by molar-refractivity contribution is 7.72. The quantitative estimate of drug-likeness (QED) is 0.360. The first-order valence-corrected chi connectivity index (χ1v) is 9.68. The van der Waals surface area contributed by atoms with Gasteiger partial charge in [-0.05, 0) is 31.2 Å². The molecule has 7 nitrogen and oxygen atoms in total. The van der Waals surface area contributed by atoms with Crippen molar-refractivity contribution in [3.63, 3.8) is 0 Å². The predicted molar refractivity (Wildman–Crippen MR) is 77.7 cm³/mol. The van der Waals surface area contributed by atoms with Gasteiger partial charge in [-0.25, -0.2) is 0 Å². The number of hydrogen-bond acceptors (Lipinski definition) is 3. The minimum atomic E-state index is -5.32. The molecule has 0 aliphatic rings. The van der Waals surface area contributed by atoms with Crippen molar-refractivity contribution in [3.05, 3.63) is 35.9 Å². The van der Waals surface area contributed by atoms with Crippen LogP contribution >= 0.6 is 15.2 Å². The van der Waals surface area contributed by atoms with Crippen molar-refractivity contribution >= 4 is 15.2 Å². The normalized spacial score (nSPS) is 13.4. The van der Waals surface area contributed by atoms with Gasteiger partial charge < -0.3 is 24.7 Å². The molecule has 0 atom stereocenters. The number of hydrogen-bond donors (Lipinski definition) is 5. The Hall–Kier alpha value is -0.520. The van der Waals surface area contributed by atoms with Crippen molar-refractivity contribution in [1.82, 2.24) is 0 Å². The van der Waals surface area contributed by atoms with Crippen LogP contribution in [0.4, 0.5) is 0 Å². The maximum absolute atomic E-state index is 11.1. The third-order valence-corrected chi connectivity index (χ3v) is 7.13. The summed E-state index contributed by atoms with van der Waals surface area (Å²) in [6.45, 7) is 0. The lowest BCUT2D eigenvalue weighted by atomic mass is 10.1. The lowest BCUT2D eigenvalue weighted by Crippen LogP contribution is -2.28. The average molecular weight is 338 g/mol. The van der Waals surface area contributed by atoms with E-state index in [2.05, 4.69) is 0 Å². The molecule has 0 fully saturated rings. The first kappa shape index (κ1) is 18.5. The second kappa shape index (κ2) is 7.16. The fraction of sp³-hybridized carbons (Fsp3) is 0.500. The molecule has 0 bridgehead atoms. The molecule has 0 spiro atoms. The van der Waals surface area contributed by atoms with E-state index in [0.29, 0.717) is 12.8 Å². The zero-order chi connectivity index (χ0) is 16.1. The lowest BCUT2D eigenvalue weighted by Gasteiger charge is -2.29. The standard InChI is InChI=1S/C12H20O7P2/c13-12(20(14,15)16,21(17,18)19)10-6-2-5-9-11-7-3-1-4-8-11/h1,3-4,7-8,13H,2,5-6,9-10H2,(H2,14,15,16)(H2,17,18,19). The summed E-state index contributed by atoms with van der Waals surface area (Å²) in [5, 5.41) is 6.39. The summed E-state index contributed by atoms with van der Waals surface area (Å²) in [5.74, 6) is 0. The lowest BCUT2D eigenvalue weighted by molar-refractivity contribution is 0.120. The number of aliphatic hydroxyl groups is 1. The Morgan fingerprint density at radius 3 is 1.86 bits per heavy atom. The van der Waals surface area contributed by atoms with Crippen molar-refractivity contribution in [2.75, 3.05) is 0 Å². The zero-order valence-corrected chi connectivity index (χ0v) is 13.2. The van der Waals surface area contributed by atoms with Gasteiger partial charge in [0.2, 0.25) is 0 Å². The molecule has 0 saturated carbocycles. The number of benzene rings is 1. The average Bonchev–Trinajstić information content (AvgIpc) is 2.36. The Morgan fingerprint density at radius 1 is 0.857 bits per heavy atom. The molecule has 1 aromatic rings. The fourth-order valence-electron chi connectivity index (χ4n) is 1.97. The third kappa shape index (κ3) is 5.01. The molecule has 9 heteroatoms. The minimum absolute atomic E-state index is 0.111. The topological polar surface area (TPSA) is 135 Å². The van der Waals surface area contributed by atoms with E-state index in [9.17, 15) is 14.2 Å². The van der Waals surface area contributed by atoms with Crippen LogP contribution in [0.5, 0.6) is 0 Å². The van der Waals surface area contributed by atoms with E-state index in [1.807, 2.05) is 30.3 Å². The number of aryl methyl sites for hydroxylation is 1. The molecule has 0 aliphatic carbocycles. The van der Waals surface area contributed by atoms with E-state index in [4.69, 9.17) is 19.6 Å². The van der Waals surface area contributed by atoms with Gasteiger partial charge in [0.1, 0.15) is 0 Å². The second-order valence-corrected chi connectivity index (χ2v) is 8.92. The molecule has 120 valence electrons. The van der Waals surface area contributed by atoms with E-state index < -0.39 is 26.7 Å². The summed E-state index contributed by atoms with van der Waals surface area (Å²) in [4.78, 5) is 35.9. The van der Waals surface area contributed by atoms with Crippen LogP contribution in [0.15, 0.2) is 30.3 Å². The van der Waals surface area contributed by atoms with Gasteiger partial charge in [-0.3, -0.25) is 9.13 Å². The van der Waals surface area contributed by atoms with Crippen molar-refractivity contribution in [2.45, 2.75) is 37.2 Å². The van der Waals surface area contributed by atoms with E-state index in [-0.39, 0.29) is 6.42 Å². The van der Waals surface area contributed by atoms with Gasteiger partial charge in [0.25, 0.3) is 5.08 Å². The van der Waals surface area contributed by atoms with Crippen molar-refractivity contribution in [3.8, 4) is 0 Å². The summed E-state index contributed by atoms with van der Waals surface area (Å²) in [7, 11) is -10.6. The first-order valence-electron chi connectivity index (χ1n) is 6.45. The Labute approximate surface area is 123 Å². The maximum atomic E-state index is 11.1. The molecule has 0 amide bonds. The van der Waals surface area contributed by atoms with Gasteiger partial charge in [-0.1, -0.05) is 36.8 Å². The largest absolute Gasteiger partial charge is 0.369 e. The van der Waals surface area contributed by atoms with Gasteiger partial charge in [-0.2, -0.15) is 0 Å². The molecular formula is C12H20O7P2. The van der Waals surface area contributed by atoms with Crippen LogP contribution in [0, 0.1) is 0 Å². The molecule has 0 aliphatic heterocycles. The van der Waals surface area contributed by atoms with Crippen LogP contribution in [0.2, 0.25) is 0 Å². The predicted octanol–water partition coefficient (Wildman–Crippen LogP) is 1.79. The highest BCUT2D eigenvalue weighted by atomic mass is 31.2. The van der Waals surface area contributed by atoms with Crippen LogP contribution in [-0.2, 0) is 15.6 Å². The molecule has 0 saturated heterocycles. The molecule has 0 aromatic heterocycles. The highest BCUT2D eigenvalue weighted by Crippen LogP contribution is 2.69. The number of unbranched alkanes of at least 4 members (excludes halogenated alkanes) is 2. The minimum Gasteiger partial charge on any atom is -0.368 e. The van der Waals surface area contributed by atoms with E-state index in [1.54, 1.807) is 0 Å². The van der Waals surface area contributed by atoms with Crippen molar-refractivity contribution < 1.29 is 33.8 Å². The monoisotopic (exact) mass is 338 g/mol. The highest BCUT2D eigenvalue weighted by Gasteiger charge is 2.58. The summed E-state index contributed by atoms with van der Waals surface area (Å²) >= 11 is 0. The van der Waals surface area contributed by atoms with Crippen LogP contribution < -0.4 is 0 Å². The zero-order valence-electron chi connectivity index (χ0n) is 11.4. The fourth-order valence-corrected chi connectivity index (χ4v) is 4.23. The Kier molecular flexibility index (Phi) is 6.32. The van der Waals surface area contributed by atoms with Crippen molar-refractivity contribution in [1.29, 1.82) is 0 Å². The van der Waals surface area contributed by atoms with Gasteiger partial charge in [-0.15, -0.1) is 0 Å². The molecule has 0 unspecified atom stereocenters. The van der Waals surface area contributed by atoms with Crippen LogP contribution in [0.1, 0.15) is 31.2 Å².